The largest absolute Gasteiger partial charge is 0.346 e. The van der Waals surface area contributed by atoms with E-state index in [1.165, 1.54) is 32.4 Å². The van der Waals surface area contributed by atoms with Crippen molar-refractivity contribution in [3.05, 3.63) is 0 Å². The molecule has 4 aliphatic rings. The van der Waals surface area contributed by atoms with Crippen molar-refractivity contribution in [3.8, 4) is 0 Å². The molecule has 0 aromatic rings. The van der Waals surface area contributed by atoms with Gasteiger partial charge in [-0.05, 0) is 44.1 Å². The normalized spacial score (nSPS) is 33.5. The van der Waals surface area contributed by atoms with Crippen LogP contribution in [-0.4, -0.2) is 84.9 Å². The van der Waals surface area contributed by atoms with E-state index in [2.05, 4.69) is 15.1 Å². The molecule has 3 unspecified atom stereocenters. The molecular formula is C18H30N4O2. The third-order valence-corrected chi connectivity index (χ3v) is 6.46. The van der Waals surface area contributed by atoms with E-state index in [1.54, 1.807) is 0 Å². The second-order valence-corrected chi connectivity index (χ2v) is 8.04. The highest BCUT2D eigenvalue weighted by Crippen LogP contribution is 2.40. The molecule has 0 radical (unpaired) electrons. The molecule has 4 saturated heterocycles. The number of rotatable bonds is 4. The number of nitrogens with one attached hydrogen (secondary N) is 1. The number of nitrogens with zero attached hydrogens (tertiary/aromatic N) is 3. The number of likely N-dealkylation sites (tertiary alicyclic amines) is 2. The standard InChI is InChI=1S/C18H30N4O2/c23-17(19-9-18(24)21-6-3-4-7-21)13-20-10-14-11-22-8-2-1-5-16(22)15(14)12-20/h14-16H,1-13H2,(H,19,23). The van der Waals surface area contributed by atoms with Gasteiger partial charge in [-0.15, -0.1) is 0 Å². The molecule has 6 heteroatoms. The van der Waals surface area contributed by atoms with Gasteiger partial charge in [0.05, 0.1) is 13.1 Å². The predicted octanol–water partition coefficient (Wildman–Crippen LogP) is 0.141. The molecule has 6 nitrogen and oxygen atoms in total. The van der Waals surface area contributed by atoms with Gasteiger partial charge in [-0.25, -0.2) is 0 Å². The van der Waals surface area contributed by atoms with Crippen molar-refractivity contribution in [3.63, 3.8) is 0 Å². The molecule has 3 atom stereocenters. The summed E-state index contributed by atoms with van der Waals surface area (Å²) in [7, 11) is 0. The molecule has 0 spiro atoms. The highest BCUT2D eigenvalue weighted by molar-refractivity contribution is 5.85. The molecule has 24 heavy (non-hydrogen) atoms. The summed E-state index contributed by atoms with van der Waals surface area (Å²) in [4.78, 5) is 31.0. The summed E-state index contributed by atoms with van der Waals surface area (Å²) in [5, 5.41) is 2.83. The number of piperidine rings is 1. The quantitative estimate of drug-likeness (QED) is 0.795. The van der Waals surface area contributed by atoms with E-state index < -0.39 is 0 Å². The lowest BCUT2D eigenvalue weighted by Crippen LogP contribution is -2.44. The van der Waals surface area contributed by atoms with Crippen molar-refractivity contribution < 1.29 is 9.59 Å². The molecule has 0 aliphatic carbocycles. The Morgan fingerprint density at radius 1 is 0.958 bits per heavy atom. The van der Waals surface area contributed by atoms with E-state index in [0.29, 0.717) is 6.54 Å². The Hall–Kier alpha value is -1.14. The van der Waals surface area contributed by atoms with E-state index in [0.717, 1.165) is 56.9 Å². The Balaban J connectivity index is 1.21. The second-order valence-electron chi connectivity index (χ2n) is 8.04. The van der Waals surface area contributed by atoms with Gasteiger partial charge in [0.25, 0.3) is 0 Å². The summed E-state index contributed by atoms with van der Waals surface area (Å²) in [5.41, 5.74) is 0. The van der Waals surface area contributed by atoms with E-state index in [-0.39, 0.29) is 18.4 Å². The smallest absolute Gasteiger partial charge is 0.241 e. The van der Waals surface area contributed by atoms with Crippen LogP contribution in [0, 0.1) is 11.8 Å². The van der Waals surface area contributed by atoms with Crippen molar-refractivity contribution >= 4 is 11.8 Å². The highest BCUT2D eigenvalue weighted by atomic mass is 16.2. The van der Waals surface area contributed by atoms with E-state index >= 15 is 0 Å². The molecule has 0 saturated carbocycles. The van der Waals surface area contributed by atoms with Crippen LogP contribution in [0.3, 0.4) is 0 Å². The van der Waals surface area contributed by atoms with Crippen LogP contribution >= 0.6 is 0 Å². The number of fused-ring (bicyclic) bond motifs is 3. The van der Waals surface area contributed by atoms with Gasteiger partial charge in [0.15, 0.2) is 0 Å². The fourth-order valence-electron chi connectivity index (χ4n) is 5.29. The third-order valence-electron chi connectivity index (χ3n) is 6.46. The number of hydrogen-bond donors (Lipinski definition) is 1. The Labute approximate surface area is 144 Å². The van der Waals surface area contributed by atoms with Gasteiger partial charge in [-0.3, -0.25) is 19.4 Å². The number of amides is 2. The van der Waals surface area contributed by atoms with Crippen molar-refractivity contribution in [2.75, 3.05) is 52.4 Å². The van der Waals surface area contributed by atoms with Gasteiger partial charge in [-0.1, -0.05) is 6.42 Å². The molecule has 0 aromatic heterocycles. The van der Waals surface area contributed by atoms with Gasteiger partial charge in [0.2, 0.25) is 11.8 Å². The molecule has 1 N–H and O–H groups in total. The SMILES string of the molecule is O=C(CN1CC2CN3CCCCC3C2C1)NCC(=O)N1CCCC1. The summed E-state index contributed by atoms with van der Waals surface area (Å²) in [6, 6.07) is 0.758. The molecule has 0 bridgehead atoms. The van der Waals surface area contributed by atoms with Gasteiger partial charge in [0.1, 0.15) is 0 Å². The zero-order valence-electron chi connectivity index (χ0n) is 14.6. The zero-order chi connectivity index (χ0) is 16.5. The van der Waals surface area contributed by atoms with Crippen molar-refractivity contribution in [1.29, 1.82) is 0 Å². The fraction of sp³-hybridized carbons (Fsp3) is 0.889. The zero-order valence-corrected chi connectivity index (χ0v) is 14.6. The number of carbonyl (C=O) groups is 2. The number of carbonyl (C=O) groups excluding carboxylic acids is 2. The van der Waals surface area contributed by atoms with Crippen LogP contribution < -0.4 is 5.32 Å². The third kappa shape index (κ3) is 3.31. The number of hydrogen-bond acceptors (Lipinski definition) is 4. The van der Waals surface area contributed by atoms with Crippen LogP contribution in [0.1, 0.15) is 32.1 Å². The summed E-state index contributed by atoms with van der Waals surface area (Å²) in [6.45, 7) is 6.91. The maximum absolute atomic E-state index is 12.2. The van der Waals surface area contributed by atoms with Crippen molar-refractivity contribution in [2.24, 2.45) is 11.8 Å². The van der Waals surface area contributed by atoms with Gasteiger partial charge in [0, 0.05) is 38.8 Å². The Kier molecular flexibility index (Phi) is 4.77. The monoisotopic (exact) mass is 334 g/mol. The van der Waals surface area contributed by atoms with Crippen molar-refractivity contribution in [2.45, 2.75) is 38.1 Å². The highest BCUT2D eigenvalue weighted by Gasteiger charge is 2.47. The topological polar surface area (TPSA) is 55.9 Å². The average molecular weight is 334 g/mol. The lowest BCUT2D eigenvalue weighted by Gasteiger charge is -2.33. The lowest BCUT2D eigenvalue weighted by atomic mass is 9.90. The van der Waals surface area contributed by atoms with E-state index in [1.807, 2.05) is 4.90 Å². The molecule has 4 aliphatic heterocycles. The molecule has 4 rings (SSSR count). The molecule has 134 valence electrons. The van der Waals surface area contributed by atoms with Crippen LogP contribution in [0.2, 0.25) is 0 Å². The summed E-state index contributed by atoms with van der Waals surface area (Å²) >= 11 is 0. The first-order valence-corrected chi connectivity index (χ1v) is 9.71. The molecule has 2 amide bonds. The van der Waals surface area contributed by atoms with E-state index in [9.17, 15) is 9.59 Å². The summed E-state index contributed by atoms with van der Waals surface area (Å²) in [6.07, 6.45) is 6.24. The summed E-state index contributed by atoms with van der Waals surface area (Å²) in [5.74, 6) is 1.57. The molecule has 4 heterocycles. The average Bonchev–Trinajstić information content (AvgIpc) is 3.28. The maximum atomic E-state index is 12.2. The first-order valence-electron chi connectivity index (χ1n) is 9.71. The lowest BCUT2D eigenvalue weighted by molar-refractivity contribution is -0.132. The molecule has 0 aromatic carbocycles. The predicted molar refractivity (Wildman–Crippen MR) is 91.5 cm³/mol. The molecule has 4 fully saturated rings. The summed E-state index contributed by atoms with van der Waals surface area (Å²) < 4.78 is 0. The van der Waals surface area contributed by atoms with E-state index in [4.69, 9.17) is 0 Å². The Morgan fingerprint density at radius 2 is 1.75 bits per heavy atom. The van der Waals surface area contributed by atoms with Gasteiger partial charge >= 0.3 is 0 Å². The maximum Gasteiger partial charge on any atom is 0.241 e. The minimum absolute atomic E-state index is 0.00280. The Morgan fingerprint density at radius 3 is 2.58 bits per heavy atom. The minimum Gasteiger partial charge on any atom is -0.346 e. The van der Waals surface area contributed by atoms with Gasteiger partial charge < -0.3 is 10.2 Å². The first-order chi connectivity index (χ1) is 11.7. The van der Waals surface area contributed by atoms with Crippen LogP contribution in [0.4, 0.5) is 0 Å². The minimum atomic E-state index is 0.00280. The van der Waals surface area contributed by atoms with Crippen LogP contribution in [0.5, 0.6) is 0 Å². The van der Waals surface area contributed by atoms with Crippen molar-refractivity contribution in [1.82, 2.24) is 20.0 Å². The van der Waals surface area contributed by atoms with Crippen LogP contribution in [-0.2, 0) is 9.59 Å². The molecular weight excluding hydrogens is 304 g/mol. The van der Waals surface area contributed by atoms with Gasteiger partial charge in [-0.2, -0.15) is 0 Å². The second kappa shape index (κ2) is 7.00. The fourth-order valence-corrected chi connectivity index (χ4v) is 5.29. The first kappa shape index (κ1) is 16.3. The van der Waals surface area contributed by atoms with Crippen LogP contribution in [0.15, 0.2) is 0 Å². The Bertz CT molecular complexity index is 491. The van der Waals surface area contributed by atoms with Crippen LogP contribution in [0.25, 0.3) is 0 Å².